The predicted octanol–water partition coefficient (Wildman–Crippen LogP) is 3.76. The van der Waals surface area contributed by atoms with Crippen LogP contribution in [0.4, 0.5) is 0 Å². The van der Waals surface area contributed by atoms with Crippen molar-refractivity contribution in [3.05, 3.63) is 44.1 Å². The maximum absolute atomic E-state index is 12.4. The Morgan fingerprint density at radius 2 is 1.74 bits per heavy atom. The normalized spacial score (nSPS) is 13.3. The van der Waals surface area contributed by atoms with Crippen molar-refractivity contribution >= 4 is 34.8 Å². The molecule has 2 N–H and O–H groups in total. The first-order chi connectivity index (χ1) is 13.0. The highest BCUT2D eigenvalue weighted by atomic mass is 35.5. The summed E-state index contributed by atoms with van der Waals surface area (Å²) in [5.74, 6) is -0.138. The summed E-state index contributed by atoms with van der Waals surface area (Å²) >= 11 is 7.61. The number of carbonyl (C=O) groups excluding carboxylic acids is 2. The van der Waals surface area contributed by atoms with Crippen LogP contribution in [0, 0.1) is 0 Å². The summed E-state index contributed by atoms with van der Waals surface area (Å²) in [6.07, 6.45) is 5.57. The predicted molar refractivity (Wildman–Crippen MR) is 105 cm³/mol. The number of fused-ring (bicyclic) bond motifs is 1. The fraction of sp³-hybridized carbons (Fsp3) is 0.368. The Hall–Kier alpha value is -2.25. The van der Waals surface area contributed by atoms with E-state index in [2.05, 4.69) is 10.9 Å². The molecule has 0 radical (unpaired) electrons. The summed E-state index contributed by atoms with van der Waals surface area (Å²) in [4.78, 5) is 26.6. The van der Waals surface area contributed by atoms with Gasteiger partial charge in [0.25, 0.3) is 11.8 Å². The van der Waals surface area contributed by atoms with Gasteiger partial charge in [-0.3, -0.25) is 20.4 Å². The second kappa shape index (κ2) is 8.63. The van der Waals surface area contributed by atoms with Gasteiger partial charge in [0.15, 0.2) is 11.5 Å². The molecular weight excluding hydrogens is 388 g/mol. The highest BCUT2D eigenvalue weighted by molar-refractivity contribution is 7.14. The number of nitrogens with one attached hydrogen (secondary N) is 2. The molecule has 6 nitrogen and oxygen atoms in total. The number of halogens is 1. The van der Waals surface area contributed by atoms with Gasteiger partial charge < -0.3 is 9.47 Å². The number of rotatable bonds is 4. The number of amides is 2. The maximum atomic E-state index is 12.4. The topological polar surface area (TPSA) is 76.7 Å². The third-order valence-corrected chi connectivity index (χ3v) is 5.97. The lowest BCUT2D eigenvalue weighted by Crippen LogP contribution is -2.41. The number of hydrogen-bond donors (Lipinski definition) is 2. The number of benzene rings is 1. The zero-order chi connectivity index (χ0) is 19.4. The number of methoxy groups -OCH3 is 2. The fourth-order valence-electron chi connectivity index (χ4n) is 3.08. The number of hydrazine groups is 1. The molecular formula is C19H21ClN2O4S. The van der Waals surface area contributed by atoms with Crippen molar-refractivity contribution in [2.45, 2.75) is 32.1 Å². The van der Waals surface area contributed by atoms with Gasteiger partial charge in [0, 0.05) is 10.4 Å². The van der Waals surface area contributed by atoms with E-state index in [1.807, 2.05) is 6.07 Å². The van der Waals surface area contributed by atoms with Gasteiger partial charge in [-0.2, -0.15) is 0 Å². The fourth-order valence-corrected chi connectivity index (χ4v) is 4.51. The molecule has 0 atom stereocenters. The van der Waals surface area contributed by atoms with Crippen LogP contribution in [0.25, 0.3) is 0 Å². The molecule has 2 amide bonds. The molecule has 1 aliphatic carbocycles. The lowest BCUT2D eigenvalue weighted by atomic mass is 10.1. The number of carbonyl (C=O) groups is 2. The van der Waals surface area contributed by atoms with E-state index >= 15 is 0 Å². The number of thiophene rings is 1. The molecule has 0 spiro atoms. The Morgan fingerprint density at radius 1 is 1.00 bits per heavy atom. The molecule has 144 valence electrons. The van der Waals surface area contributed by atoms with Crippen LogP contribution in [0.3, 0.4) is 0 Å². The van der Waals surface area contributed by atoms with Crippen LogP contribution in [0.2, 0.25) is 5.02 Å². The van der Waals surface area contributed by atoms with Gasteiger partial charge in [0.05, 0.1) is 24.1 Å². The van der Waals surface area contributed by atoms with E-state index in [1.54, 1.807) is 0 Å². The Labute approximate surface area is 166 Å². The van der Waals surface area contributed by atoms with Gasteiger partial charge in [-0.1, -0.05) is 18.0 Å². The lowest BCUT2D eigenvalue weighted by molar-refractivity contribution is 0.0848. The van der Waals surface area contributed by atoms with E-state index in [4.69, 9.17) is 21.1 Å². The molecule has 0 aliphatic heterocycles. The standard InChI is InChI=1S/C19H21ClN2O4S/c1-25-14-9-12(8-13(20)17(14)26-2)18(23)21-22-19(24)16-10-11-6-4-3-5-7-15(11)27-16/h8-10H,3-7H2,1-2H3,(H,21,23)(H,22,24). The molecule has 8 heteroatoms. The molecule has 0 bridgehead atoms. The van der Waals surface area contributed by atoms with Gasteiger partial charge in [0.1, 0.15) is 0 Å². The summed E-state index contributed by atoms with van der Waals surface area (Å²) in [6, 6.07) is 4.89. The summed E-state index contributed by atoms with van der Waals surface area (Å²) in [6.45, 7) is 0. The van der Waals surface area contributed by atoms with E-state index in [-0.39, 0.29) is 16.5 Å². The number of aryl methyl sites for hydroxylation is 2. The highest BCUT2D eigenvalue weighted by Crippen LogP contribution is 2.36. The van der Waals surface area contributed by atoms with Crippen LogP contribution in [-0.4, -0.2) is 26.0 Å². The van der Waals surface area contributed by atoms with Crippen molar-refractivity contribution < 1.29 is 19.1 Å². The van der Waals surface area contributed by atoms with Crippen molar-refractivity contribution in [3.8, 4) is 11.5 Å². The first-order valence-corrected chi connectivity index (χ1v) is 9.86. The summed E-state index contributed by atoms with van der Waals surface area (Å²) < 4.78 is 10.3. The molecule has 27 heavy (non-hydrogen) atoms. The van der Waals surface area contributed by atoms with E-state index in [1.165, 1.54) is 54.6 Å². The highest BCUT2D eigenvalue weighted by Gasteiger charge is 2.18. The lowest BCUT2D eigenvalue weighted by Gasteiger charge is -2.12. The summed E-state index contributed by atoms with van der Waals surface area (Å²) in [7, 11) is 2.92. The van der Waals surface area contributed by atoms with Crippen molar-refractivity contribution in [2.75, 3.05) is 14.2 Å². The van der Waals surface area contributed by atoms with Crippen LogP contribution in [-0.2, 0) is 12.8 Å². The van der Waals surface area contributed by atoms with Crippen LogP contribution in [0.5, 0.6) is 11.5 Å². The third-order valence-electron chi connectivity index (χ3n) is 4.46. The van der Waals surface area contributed by atoms with Crippen molar-refractivity contribution in [1.29, 1.82) is 0 Å². The van der Waals surface area contributed by atoms with Crippen LogP contribution >= 0.6 is 22.9 Å². The zero-order valence-corrected chi connectivity index (χ0v) is 16.8. The molecule has 1 heterocycles. The van der Waals surface area contributed by atoms with E-state index < -0.39 is 5.91 Å². The molecule has 1 aromatic carbocycles. The Morgan fingerprint density at radius 3 is 2.48 bits per heavy atom. The first kappa shape index (κ1) is 19.5. The number of hydrogen-bond acceptors (Lipinski definition) is 5. The summed E-state index contributed by atoms with van der Waals surface area (Å²) in [5, 5.41) is 0.246. The van der Waals surface area contributed by atoms with Crippen molar-refractivity contribution in [1.82, 2.24) is 10.9 Å². The molecule has 0 saturated carbocycles. The summed E-state index contributed by atoms with van der Waals surface area (Å²) in [5.41, 5.74) is 6.38. The second-order valence-corrected chi connectivity index (χ2v) is 7.77. The Kier molecular flexibility index (Phi) is 6.23. The average molecular weight is 409 g/mol. The molecule has 0 saturated heterocycles. The number of ether oxygens (including phenoxy) is 2. The van der Waals surface area contributed by atoms with Gasteiger partial charge >= 0.3 is 0 Å². The van der Waals surface area contributed by atoms with Crippen molar-refractivity contribution in [3.63, 3.8) is 0 Å². The minimum absolute atomic E-state index is 0.246. The van der Waals surface area contributed by atoms with Gasteiger partial charge in [0.2, 0.25) is 0 Å². The van der Waals surface area contributed by atoms with E-state index in [9.17, 15) is 9.59 Å². The van der Waals surface area contributed by atoms with Gasteiger partial charge in [-0.15, -0.1) is 11.3 Å². The van der Waals surface area contributed by atoms with E-state index in [0.29, 0.717) is 16.4 Å². The molecule has 1 aliphatic rings. The van der Waals surface area contributed by atoms with Crippen molar-refractivity contribution in [2.24, 2.45) is 0 Å². The van der Waals surface area contributed by atoms with E-state index in [0.717, 1.165) is 25.7 Å². The Bertz CT molecular complexity index is 842. The Balaban J connectivity index is 1.67. The van der Waals surface area contributed by atoms with Gasteiger partial charge in [-0.05, 0) is 49.4 Å². The molecule has 0 fully saturated rings. The average Bonchev–Trinajstić information content (AvgIpc) is 2.95. The minimum Gasteiger partial charge on any atom is -0.493 e. The second-order valence-electron chi connectivity index (χ2n) is 6.22. The minimum atomic E-state index is -0.496. The smallest absolute Gasteiger partial charge is 0.279 e. The maximum Gasteiger partial charge on any atom is 0.279 e. The zero-order valence-electron chi connectivity index (χ0n) is 15.2. The van der Waals surface area contributed by atoms with Crippen LogP contribution in [0.15, 0.2) is 18.2 Å². The van der Waals surface area contributed by atoms with Crippen LogP contribution < -0.4 is 20.3 Å². The van der Waals surface area contributed by atoms with Gasteiger partial charge in [-0.25, -0.2) is 0 Å². The van der Waals surface area contributed by atoms with Crippen LogP contribution in [0.1, 0.15) is 49.7 Å². The quantitative estimate of drug-likeness (QED) is 0.596. The molecule has 2 aromatic rings. The first-order valence-electron chi connectivity index (χ1n) is 8.67. The molecule has 0 unspecified atom stereocenters. The third kappa shape index (κ3) is 4.36. The molecule has 3 rings (SSSR count). The monoisotopic (exact) mass is 408 g/mol. The SMILES string of the molecule is COc1cc(C(=O)NNC(=O)c2cc3c(s2)CCCCC3)cc(Cl)c1OC. The molecule has 1 aromatic heterocycles. The largest absolute Gasteiger partial charge is 0.493 e.